The Hall–Kier alpha value is -1.93. The normalized spacial score (nSPS) is 17.1. The zero-order valence-corrected chi connectivity index (χ0v) is 15.2. The summed E-state index contributed by atoms with van der Waals surface area (Å²) in [4.78, 5) is 23.4. The summed E-state index contributed by atoms with van der Waals surface area (Å²) in [5, 5.41) is 10.3. The van der Waals surface area contributed by atoms with Crippen LogP contribution in [0.25, 0.3) is 0 Å². The van der Waals surface area contributed by atoms with Gasteiger partial charge in [0.05, 0.1) is 18.2 Å². The maximum absolute atomic E-state index is 12.4. The van der Waals surface area contributed by atoms with Crippen molar-refractivity contribution in [1.29, 1.82) is 0 Å². The summed E-state index contributed by atoms with van der Waals surface area (Å²) in [5.74, 6) is -0.847. The van der Waals surface area contributed by atoms with Crippen LogP contribution < -0.4 is 10.6 Å². The SMILES string of the molecule is CC(=O)OCC1NC(=S)NC(C)=C1C(=O)OCCCc1ccsc1. The highest BCUT2D eigenvalue weighted by Crippen LogP contribution is 2.15. The molecular weight excluding hydrogens is 348 g/mol. The Balaban J connectivity index is 1.91. The van der Waals surface area contributed by atoms with Gasteiger partial charge >= 0.3 is 11.9 Å². The number of hydrogen-bond donors (Lipinski definition) is 2. The molecule has 6 nitrogen and oxygen atoms in total. The summed E-state index contributed by atoms with van der Waals surface area (Å²) in [5.41, 5.74) is 2.25. The van der Waals surface area contributed by atoms with E-state index in [2.05, 4.69) is 22.1 Å². The van der Waals surface area contributed by atoms with Crippen molar-refractivity contribution in [3.63, 3.8) is 0 Å². The largest absolute Gasteiger partial charge is 0.463 e. The standard InChI is InChI=1S/C16H20N2O4S2/c1-10-14(13(8-22-11(2)19)18-16(23)17-10)15(20)21-6-3-4-12-5-7-24-9-12/h5,7,9,13H,3-4,6,8H2,1-2H3,(H2,17,18,23). The summed E-state index contributed by atoms with van der Waals surface area (Å²) in [6.45, 7) is 3.41. The highest BCUT2D eigenvalue weighted by molar-refractivity contribution is 7.80. The second-order valence-electron chi connectivity index (χ2n) is 5.36. The lowest BCUT2D eigenvalue weighted by Crippen LogP contribution is -2.51. The van der Waals surface area contributed by atoms with Gasteiger partial charge in [0.15, 0.2) is 5.11 Å². The number of aryl methyl sites for hydroxylation is 1. The lowest BCUT2D eigenvalue weighted by Gasteiger charge is -2.29. The van der Waals surface area contributed by atoms with Crippen molar-refractivity contribution >= 4 is 40.6 Å². The molecule has 0 saturated heterocycles. The first kappa shape index (κ1) is 18.4. The Bertz CT molecular complexity index is 641. The van der Waals surface area contributed by atoms with E-state index in [0.29, 0.717) is 23.0 Å². The van der Waals surface area contributed by atoms with E-state index < -0.39 is 18.0 Å². The zero-order chi connectivity index (χ0) is 17.5. The Kier molecular flexibility index (Phi) is 6.74. The molecule has 1 aromatic heterocycles. The molecule has 0 saturated carbocycles. The van der Waals surface area contributed by atoms with Gasteiger partial charge < -0.3 is 20.1 Å². The Morgan fingerprint density at radius 1 is 1.38 bits per heavy atom. The third kappa shape index (κ3) is 5.31. The van der Waals surface area contributed by atoms with E-state index in [1.165, 1.54) is 12.5 Å². The summed E-state index contributed by atoms with van der Waals surface area (Å²) < 4.78 is 10.4. The van der Waals surface area contributed by atoms with Crippen LogP contribution in [0.4, 0.5) is 0 Å². The first-order valence-corrected chi connectivity index (χ1v) is 8.92. The fraction of sp³-hybridized carbons (Fsp3) is 0.438. The van der Waals surface area contributed by atoms with Crippen LogP contribution in [0.5, 0.6) is 0 Å². The van der Waals surface area contributed by atoms with E-state index in [4.69, 9.17) is 21.7 Å². The molecule has 24 heavy (non-hydrogen) atoms. The number of nitrogens with one attached hydrogen (secondary N) is 2. The van der Waals surface area contributed by atoms with Crippen LogP contribution in [0.3, 0.4) is 0 Å². The third-order valence-corrected chi connectivity index (χ3v) is 4.41. The van der Waals surface area contributed by atoms with Crippen molar-refractivity contribution in [2.75, 3.05) is 13.2 Å². The number of esters is 2. The van der Waals surface area contributed by atoms with Gasteiger partial charge in [0.1, 0.15) is 6.61 Å². The molecule has 0 bridgehead atoms. The van der Waals surface area contributed by atoms with Crippen molar-refractivity contribution in [2.45, 2.75) is 32.7 Å². The minimum absolute atomic E-state index is 0.0217. The highest BCUT2D eigenvalue weighted by atomic mass is 32.1. The molecule has 2 N–H and O–H groups in total. The van der Waals surface area contributed by atoms with E-state index in [1.54, 1.807) is 18.3 Å². The summed E-state index contributed by atoms with van der Waals surface area (Å²) in [7, 11) is 0. The van der Waals surface area contributed by atoms with Crippen LogP contribution in [-0.4, -0.2) is 36.3 Å². The number of thiophene rings is 1. The van der Waals surface area contributed by atoms with Crippen LogP contribution >= 0.6 is 23.6 Å². The molecule has 8 heteroatoms. The number of allylic oxidation sites excluding steroid dienone is 1. The zero-order valence-electron chi connectivity index (χ0n) is 13.6. The Labute approximate surface area is 150 Å². The Morgan fingerprint density at radius 2 is 2.17 bits per heavy atom. The van der Waals surface area contributed by atoms with Crippen LogP contribution in [-0.2, 0) is 25.5 Å². The molecule has 1 aromatic rings. The van der Waals surface area contributed by atoms with Gasteiger partial charge in [-0.2, -0.15) is 11.3 Å². The third-order valence-electron chi connectivity index (χ3n) is 3.46. The molecule has 1 unspecified atom stereocenters. The van der Waals surface area contributed by atoms with Crippen LogP contribution in [0.2, 0.25) is 0 Å². The number of hydrogen-bond acceptors (Lipinski definition) is 6. The van der Waals surface area contributed by atoms with E-state index in [-0.39, 0.29) is 6.61 Å². The number of carbonyl (C=O) groups is 2. The topological polar surface area (TPSA) is 76.7 Å². The maximum Gasteiger partial charge on any atom is 0.338 e. The molecule has 2 heterocycles. The first-order chi connectivity index (χ1) is 11.5. The second-order valence-corrected chi connectivity index (χ2v) is 6.55. The van der Waals surface area contributed by atoms with Crippen molar-refractivity contribution in [2.24, 2.45) is 0 Å². The van der Waals surface area contributed by atoms with Gasteiger partial charge in [-0.3, -0.25) is 4.79 Å². The molecule has 0 aliphatic carbocycles. The fourth-order valence-electron chi connectivity index (χ4n) is 2.34. The van der Waals surface area contributed by atoms with Crippen LogP contribution in [0, 0.1) is 0 Å². The van der Waals surface area contributed by atoms with Gasteiger partial charge in [0, 0.05) is 12.6 Å². The predicted octanol–water partition coefficient (Wildman–Crippen LogP) is 1.91. The van der Waals surface area contributed by atoms with Crippen LogP contribution in [0.1, 0.15) is 25.8 Å². The van der Waals surface area contributed by atoms with E-state index >= 15 is 0 Å². The average molecular weight is 368 g/mol. The molecule has 1 aliphatic rings. The van der Waals surface area contributed by atoms with E-state index in [1.807, 2.05) is 5.38 Å². The number of rotatable bonds is 7. The smallest absolute Gasteiger partial charge is 0.338 e. The minimum atomic E-state index is -0.507. The van der Waals surface area contributed by atoms with E-state index in [9.17, 15) is 9.59 Å². The second kappa shape index (κ2) is 8.79. The van der Waals surface area contributed by atoms with Gasteiger partial charge in [-0.25, -0.2) is 4.79 Å². The summed E-state index contributed by atoms with van der Waals surface area (Å²) >= 11 is 6.73. The molecule has 0 spiro atoms. The fourth-order valence-corrected chi connectivity index (χ4v) is 3.34. The molecule has 0 radical (unpaired) electrons. The van der Waals surface area contributed by atoms with Crippen molar-refractivity contribution in [1.82, 2.24) is 10.6 Å². The van der Waals surface area contributed by atoms with Crippen molar-refractivity contribution < 1.29 is 19.1 Å². The lowest BCUT2D eigenvalue weighted by molar-refractivity contribution is -0.144. The van der Waals surface area contributed by atoms with Gasteiger partial charge in [0.2, 0.25) is 0 Å². The minimum Gasteiger partial charge on any atom is -0.463 e. The summed E-state index contributed by atoms with van der Waals surface area (Å²) in [6, 6.07) is 1.55. The molecule has 2 rings (SSSR count). The summed E-state index contributed by atoms with van der Waals surface area (Å²) in [6.07, 6.45) is 1.62. The Morgan fingerprint density at radius 3 is 2.83 bits per heavy atom. The molecule has 0 amide bonds. The lowest BCUT2D eigenvalue weighted by atomic mass is 10.0. The molecule has 1 aliphatic heterocycles. The average Bonchev–Trinajstić information content (AvgIpc) is 3.02. The highest BCUT2D eigenvalue weighted by Gasteiger charge is 2.30. The van der Waals surface area contributed by atoms with Gasteiger partial charge in [-0.1, -0.05) is 0 Å². The maximum atomic E-state index is 12.4. The van der Waals surface area contributed by atoms with Crippen molar-refractivity contribution in [3.05, 3.63) is 33.7 Å². The van der Waals surface area contributed by atoms with E-state index in [0.717, 1.165) is 12.8 Å². The molecular formula is C16H20N2O4S2. The number of thiocarbonyl (C=S) groups is 1. The molecule has 0 aromatic carbocycles. The van der Waals surface area contributed by atoms with Gasteiger partial charge in [-0.05, 0) is 54.4 Å². The molecule has 0 fully saturated rings. The predicted molar refractivity (Wildman–Crippen MR) is 95.6 cm³/mol. The van der Waals surface area contributed by atoms with Crippen molar-refractivity contribution in [3.8, 4) is 0 Å². The number of ether oxygens (including phenoxy) is 2. The first-order valence-electron chi connectivity index (χ1n) is 7.57. The molecule has 1 atom stereocenters. The quantitative estimate of drug-likeness (QED) is 0.432. The van der Waals surface area contributed by atoms with Gasteiger partial charge in [0.25, 0.3) is 0 Å². The number of carbonyl (C=O) groups excluding carboxylic acids is 2. The molecule has 130 valence electrons. The monoisotopic (exact) mass is 368 g/mol. The van der Waals surface area contributed by atoms with Gasteiger partial charge in [-0.15, -0.1) is 0 Å². The van der Waals surface area contributed by atoms with Crippen LogP contribution in [0.15, 0.2) is 28.1 Å².